The molecule has 4 nitrogen and oxygen atoms in total. The van der Waals surface area contributed by atoms with E-state index < -0.39 is 6.10 Å². The fourth-order valence-corrected chi connectivity index (χ4v) is 1.61. The second-order valence-corrected chi connectivity index (χ2v) is 4.42. The van der Waals surface area contributed by atoms with Crippen molar-refractivity contribution in [2.45, 2.75) is 51.6 Å². The van der Waals surface area contributed by atoms with Crippen molar-refractivity contribution >= 4 is 0 Å². The fraction of sp³-hybridized carbons (Fsp3) is 1.00. The summed E-state index contributed by atoms with van der Waals surface area (Å²) in [5.41, 5.74) is 0. The van der Waals surface area contributed by atoms with Crippen LogP contribution in [0.15, 0.2) is 0 Å². The standard InChI is InChI=1S/C13H29NO3/c1-2-3-4-5-6-7-10-17-12-13(16)11-14-8-9-15/h13-16H,2-12H2,1H3. The molecular formula is C13H29NO3. The van der Waals surface area contributed by atoms with Gasteiger partial charge < -0.3 is 20.3 Å². The number of ether oxygens (including phenoxy) is 1. The van der Waals surface area contributed by atoms with Gasteiger partial charge in [-0.25, -0.2) is 0 Å². The van der Waals surface area contributed by atoms with E-state index in [0.29, 0.717) is 19.7 Å². The number of nitrogens with one attached hydrogen (secondary N) is 1. The van der Waals surface area contributed by atoms with Crippen molar-refractivity contribution in [1.29, 1.82) is 0 Å². The number of aliphatic hydroxyl groups excluding tert-OH is 2. The molecule has 0 saturated heterocycles. The lowest BCUT2D eigenvalue weighted by atomic mass is 10.1. The van der Waals surface area contributed by atoms with Crippen LogP contribution in [0, 0.1) is 0 Å². The summed E-state index contributed by atoms with van der Waals surface area (Å²) in [5.74, 6) is 0. The van der Waals surface area contributed by atoms with Gasteiger partial charge >= 0.3 is 0 Å². The third-order valence-electron chi connectivity index (χ3n) is 2.62. The Morgan fingerprint density at radius 3 is 2.53 bits per heavy atom. The molecule has 0 aliphatic carbocycles. The largest absolute Gasteiger partial charge is 0.395 e. The molecule has 0 bridgehead atoms. The maximum absolute atomic E-state index is 9.48. The predicted octanol–water partition coefficient (Wildman–Crippen LogP) is 1.31. The summed E-state index contributed by atoms with van der Waals surface area (Å²) in [4.78, 5) is 0. The molecule has 0 aromatic heterocycles. The zero-order valence-electron chi connectivity index (χ0n) is 11.2. The first-order valence-electron chi connectivity index (χ1n) is 6.88. The van der Waals surface area contributed by atoms with E-state index in [0.717, 1.165) is 13.0 Å². The second-order valence-electron chi connectivity index (χ2n) is 4.42. The minimum atomic E-state index is -0.471. The first kappa shape index (κ1) is 16.8. The van der Waals surface area contributed by atoms with Crippen LogP contribution in [-0.2, 0) is 4.74 Å². The molecule has 0 spiro atoms. The third-order valence-corrected chi connectivity index (χ3v) is 2.62. The molecule has 1 atom stereocenters. The van der Waals surface area contributed by atoms with E-state index in [1.165, 1.54) is 32.1 Å². The lowest BCUT2D eigenvalue weighted by Gasteiger charge is -2.11. The Hall–Kier alpha value is -0.160. The quantitative estimate of drug-likeness (QED) is 0.429. The SMILES string of the molecule is CCCCCCCCOCC(O)CNCCO. The van der Waals surface area contributed by atoms with Crippen LogP contribution in [0.1, 0.15) is 45.4 Å². The van der Waals surface area contributed by atoms with E-state index in [9.17, 15) is 5.11 Å². The lowest BCUT2D eigenvalue weighted by molar-refractivity contribution is 0.0350. The van der Waals surface area contributed by atoms with Crippen molar-refractivity contribution in [3.63, 3.8) is 0 Å². The molecule has 0 aromatic rings. The maximum atomic E-state index is 9.48. The molecule has 1 unspecified atom stereocenters. The van der Waals surface area contributed by atoms with Gasteiger partial charge in [0, 0.05) is 19.7 Å². The Morgan fingerprint density at radius 2 is 1.82 bits per heavy atom. The Bertz CT molecular complexity index is 145. The van der Waals surface area contributed by atoms with Crippen LogP contribution in [0.4, 0.5) is 0 Å². The molecule has 0 heterocycles. The third kappa shape index (κ3) is 13.8. The van der Waals surface area contributed by atoms with Gasteiger partial charge in [-0.3, -0.25) is 0 Å². The Labute approximate surface area is 105 Å². The van der Waals surface area contributed by atoms with E-state index >= 15 is 0 Å². The van der Waals surface area contributed by atoms with E-state index in [1.807, 2.05) is 0 Å². The second kappa shape index (κ2) is 13.9. The topological polar surface area (TPSA) is 61.7 Å². The van der Waals surface area contributed by atoms with Gasteiger partial charge in [0.15, 0.2) is 0 Å². The van der Waals surface area contributed by atoms with Gasteiger partial charge in [0.1, 0.15) is 0 Å². The zero-order chi connectivity index (χ0) is 12.8. The van der Waals surface area contributed by atoms with Crippen LogP contribution >= 0.6 is 0 Å². The number of aliphatic hydroxyl groups is 2. The normalized spacial score (nSPS) is 12.9. The monoisotopic (exact) mass is 247 g/mol. The van der Waals surface area contributed by atoms with Crippen molar-refractivity contribution in [2.75, 3.05) is 32.9 Å². The van der Waals surface area contributed by atoms with Gasteiger partial charge in [-0.05, 0) is 6.42 Å². The molecule has 0 rings (SSSR count). The maximum Gasteiger partial charge on any atom is 0.0897 e. The molecule has 0 aromatic carbocycles. The highest BCUT2D eigenvalue weighted by molar-refractivity contribution is 4.57. The average Bonchev–Trinajstić information content (AvgIpc) is 2.33. The highest BCUT2D eigenvalue weighted by Crippen LogP contribution is 2.04. The number of hydrogen-bond donors (Lipinski definition) is 3. The minimum absolute atomic E-state index is 0.103. The molecule has 4 heteroatoms. The van der Waals surface area contributed by atoms with Crippen molar-refractivity contribution in [3.8, 4) is 0 Å². The molecule has 0 saturated carbocycles. The van der Waals surface area contributed by atoms with E-state index in [1.54, 1.807) is 0 Å². The summed E-state index contributed by atoms with van der Waals surface area (Å²) >= 11 is 0. The summed E-state index contributed by atoms with van der Waals surface area (Å²) in [6.07, 6.45) is 7.06. The predicted molar refractivity (Wildman–Crippen MR) is 70.2 cm³/mol. The van der Waals surface area contributed by atoms with Crippen molar-refractivity contribution < 1.29 is 14.9 Å². The summed E-state index contributed by atoms with van der Waals surface area (Å²) in [7, 11) is 0. The number of unbranched alkanes of at least 4 members (excludes halogenated alkanes) is 5. The first-order valence-corrected chi connectivity index (χ1v) is 6.88. The van der Waals surface area contributed by atoms with Crippen LogP contribution in [0.3, 0.4) is 0 Å². The highest BCUT2D eigenvalue weighted by Gasteiger charge is 2.02. The van der Waals surface area contributed by atoms with Gasteiger partial charge in [-0.1, -0.05) is 39.0 Å². The van der Waals surface area contributed by atoms with Crippen LogP contribution in [0.25, 0.3) is 0 Å². The molecule has 0 aliphatic heterocycles. The summed E-state index contributed by atoms with van der Waals surface area (Å²) in [5, 5.41) is 20.9. The Morgan fingerprint density at radius 1 is 1.12 bits per heavy atom. The van der Waals surface area contributed by atoms with Crippen molar-refractivity contribution in [2.24, 2.45) is 0 Å². The van der Waals surface area contributed by atoms with Crippen molar-refractivity contribution in [3.05, 3.63) is 0 Å². The van der Waals surface area contributed by atoms with Crippen LogP contribution in [0.2, 0.25) is 0 Å². The molecule has 104 valence electrons. The zero-order valence-corrected chi connectivity index (χ0v) is 11.2. The van der Waals surface area contributed by atoms with Gasteiger partial charge in [0.05, 0.1) is 19.3 Å². The minimum Gasteiger partial charge on any atom is -0.395 e. The van der Waals surface area contributed by atoms with Gasteiger partial charge in [0.25, 0.3) is 0 Å². The smallest absolute Gasteiger partial charge is 0.0897 e. The Kier molecular flexibility index (Phi) is 13.8. The molecule has 17 heavy (non-hydrogen) atoms. The molecule has 3 N–H and O–H groups in total. The van der Waals surface area contributed by atoms with E-state index in [-0.39, 0.29) is 6.61 Å². The first-order chi connectivity index (χ1) is 8.31. The summed E-state index contributed by atoms with van der Waals surface area (Å²) < 4.78 is 5.38. The fourth-order valence-electron chi connectivity index (χ4n) is 1.61. The summed E-state index contributed by atoms with van der Waals surface area (Å²) in [6, 6.07) is 0. The van der Waals surface area contributed by atoms with Gasteiger partial charge in [-0.2, -0.15) is 0 Å². The van der Waals surface area contributed by atoms with Gasteiger partial charge in [0.2, 0.25) is 0 Å². The number of hydrogen-bond acceptors (Lipinski definition) is 4. The number of rotatable bonds is 13. The van der Waals surface area contributed by atoms with E-state index in [4.69, 9.17) is 9.84 Å². The van der Waals surface area contributed by atoms with Crippen LogP contribution in [0.5, 0.6) is 0 Å². The van der Waals surface area contributed by atoms with Gasteiger partial charge in [-0.15, -0.1) is 0 Å². The molecule has 0 aliphatic rings. The Balaban J connectivity index is 3.05. The molecular weight excluding hydrogens is 218 g/mol. The van der Waals surface area contributed by atoms with Crippen LogP contribution in [-0.4, -0.2) is 49.2 Å². The average molecular weight is 247 g/mol. The lowest BCUT2D eigenvalue weighted by Crippen LogP contribution is -2.32. The summed E-state index contributed by atoms with van der Waals surface area (Å²) in [6.45, 7) is 4.45. The molecule has 0 radical (unpaired) electrons. The molecule has 0 fully saturated rings. The van der Waals surface area contributed by atoms with Crippen molar-refractivity contribution in [1.82, 2.24) is 5.32 Å². The van der Waals surface area contributed by atoms with E-state index in [2.05, 4.69) is 12.2 Å². The van der Waals surface area contributed by atoms with Crippen LogP contribution < -0.4 is 5.32 Å². The highest BCUT2D eigenvalue weighted by atomic mass is 16.5. The molecule has 0 amide bonds.